The summed E-state index contributed by atoms with van der Waals surface area (Å²) in [5.41, 5.74) is 3.54. The van der Waals surface area contributed by atoms with Crippen LogP contribution in [0.25, 0.3) is 10.9 Å². The zero-order valence-electron chi connectivity index (χ0n) is 11.7. The molecule has 0 aliphatic rings. The minimum absolute atomic E-state index is 0.393. The first-order valence-electron chi connectivity index (χ1n) is 7.01. The minimum Gasteiger partial charge on any atom is -0.388 e. The quantitative estimate of drug-likeness (QED) is 0.761. The van der Waals surface area contributed by atoms with Crippen LogP contribution in [0, 0.1) is 0 Å². The average molecular weight is 265 g/mol. The Bertz CT molecular complexity index is 700. The second-order valence-corrected chi connectivity index (χ2v) is 5.25. The molecule has 0 amide bonds. The van der Waals surface area contributed by atoms with E-state index < -0.39 is 6.10 Å². The number of aliphatic hydroxyl groups excluding tert-OH is 1. The molecule has 0 saturated carbocycles. The van der Waals surface area contributed by atoms with Crippen LogP contribution in [0.1, 0.15) is 23.7 Å². The van der Waals surface area contributed by atoms with Crippen molar-refractivity contribution in [2.45, 2.75) is 18.9 Å². The zero-order valence-corrected chi connectivity index (χ0v) is 11.7. The van der Waals surface area contributed by atoms with E-state index in [4.69, 9.17) is 0 Å². The molecule has 3 aromatic rings. The fourth-order valence-electron chi connectivity index (χ4n) is 2.76. The van der Waals surface area contributed by atoms with Gasteiger partial charge in [-0.25, -0.2) is 0 Å². The molecule has 0 spiro atoms. The smallest absolute Gasteiger partial charge is 0.0793 e. The lowest BCUT2D eigenvalue weighted by atomic mass is 10.0. The molecule has 102 valence electrons. The van der Waals surface area contributed by atoms with Gasteiger partial charge in [-0.15, -0.1) is 0 Å². The molecular weight excluding hydrogens is 246 g/mol. The van der Waals surface area contributed by atoms with Crippen LogP contribution in [0.2, 0.25) is 0 Å². The Labute approximate surface area is 119 Å². The van der Waals surface area contributed by atoms with Crippen LogP contribution in [-0.4, -0.2) is 9.67 Å². The summed E-state index contributed by atoms with van der Waals surface area (Å²) < 4.78 is 2.15. The Morgan fingerprint density at radius 1 is 1.00 bits per heavy atom. The summed E-state index contributed by atoms with van der Waals surface area (Å²) in [6.07, 6.45) is 3.41. The predicted octanol–water partition coefficient (Wildman–Crippen LogP) is 3.84. The highest BCUT2D eigenvalue weighted by atomic mass is 16.3. The third-order valence-electron chi connectivity index (χ3n) is 3.85. The van der Waals surface area contributed by atoms with Crippen molar-refractivity contribution in [3.05, 3.63) is 71.9 Å². The molecule has 2 heteroatoms. The average Bonchev–Trinajstić information content (AvgIpc) is 2.83. The minimum atomic E-state index is -0.393. The van der Waals surface area contributed by atoms with E-state index in [-0.39, 0.29) is 0 Å². The van der Waals surface area contributed by atoms with Crippen molar-refractivity contribution in [2.24, 2.45) is 7.05 Å². The summed E-state index contributed by atoms with van der Waals surface area (Å²) in [5, 5.41) is 11.5. The highest BCUT2D eigenvalue weighted by Gasteiger charge is 2.10. The number of fused-ring (bicyclic) bond motifs is 1. The molecule has 0 aliphatic carbocycles. The summed E-state index contributed by atoms with van der Waals surface area (Å²) in [6.45, 7) is 0. The summed E-state index contributed by atoms with van der Waals surface area (Å²) in [7, 11) is 2.07. The molecule has 0 radical (unpaired) electrons. The lowest BCUT2D eigenvalue weighted by Gasteiger charge is -2.10. The number of hydrogen-bond acceptors (Lipinski definition) is 1. The largest absolute Gasteiger partial charge is 0.388 e. The van der Waals surface area contributed by atoms with E-state index in [0.29, 0.717) is 0 Å². The molecule has 1 atom stereocenters. The first kappa shape index (κ1) is 12.9. The fraction of sp³-hybridized carbons (Fsp3) is 0.222. The number of rotatable bonds is 4. The van der Waals surface area contributed by atoms with Gasteiger partial charge in [-0.1, -0.05) is 48.5 Å². The number of benzene rings is 2. The highest BCUT2D eigenvalue weighted by molar-refractivity contribution is 5.83. The first-order chi connectivity index (χ1) is 9.75. The number of aliphatic hydroxyl groups is 1. The van der Waals surface area contributed by atoms with Crippen LogP contribution >= 0.6 is 0 Å². The number of hydrogen-bond donors (Lipinski definition) is 1. The third-order valence-corrected chi connectivity index (χ3v) is 3.85. The molecule has 3 rings (SSSR count). The van der Waals surface area contributed by atoms with Crippen LogP contribution < -0.4 is 0 Å². The predicted molar refractivity (Wildman–Crippen MR) is 82.6 cm³/mol. The first-order valence-corrected chi connectivity index (χ1v) is 7.01. The highest BCUT2D eigenvalue weighted by Crippen LogP contribution is 2.24. The van der Waals surface area contributed by atoms with Crippen LogP contribution in [-0.2, 0) is 13.5 Å². The van der Waals surface area contributed by atoms with Crippen LogP contribution in [0.4, 0.5) is 0 Å². The lowest BCUT2D eigenvalue weighted by molar-refractivity contribution is 0.168. The second kappa shape index (κ2) is 5.51. The normalized spacial score (nSPS) is 12.7. The van der Waals surface area contributed by atoms with Crippen molar-refractivity contribution in [2.75, 3.05) is 0 Å². The van der Waals surface area contributed by atoms with Crippen LogP contribution in [0.15, 0.2) is 60.8 Å². The third kappa shape index (κ3) is 2.47. The Balaban J connectivity index is 1.77. The Kier molecular flexibility index (Phi) is 3.57. The van der Waals surface area contributed by atoms with E-state index in [2.05, 4.69) is 42.1 Å². The Morgan fingerprint density at radius 2 is 1.70 bits per heavy atom. The van der Waals surface area contributed by atoms with E-state index in [9.17, 15) is 5.11 Å². The zero-order chi connectivity index (χ0) is 13.9. The second-order valence-electron chi connectivity index (χ2n) is 5.25. The molecule has 0 saturated heterocycles. The van der Waals surface area contributed by atoms with Crippen LogP contribution in [0.5, 0.6) is 0 Å². The van der Waals surface area contributed by atoms with E-state index in [1.54, 1.807) is 0 Å². The Morgan fingerprint density at radius 3 is 2.50 bits per heavy atom. The number of aromatic nitrogens is 1. The maximum atomic E-state index is 10.3. The van der Waals surface area contributed by atoms with Gasteiger partial charge >= 0.3 is 0 Å². The summed E-state index contributed by atoms with van der Waals surface area (Å²) in [6, 6.07) is 18.3. The maximum Gasteiger partial charge on any atom is 0.0793 e. The molecule has 20 heavy (non-hydrogen) atoms. The van der Waals surface area contributed by atoms with E-state index in [0.717, 1.165) is 18.4 Å². The van der Waals surface area contributed by atoms with Crippen molar-refractivity contribution >= 4 is 10.9 Å². The monoisotopic (exact) mass is 265 g/mol. The van der Waals surface area contributed by atoms with Gasteiger partial charge in [0.1, 0.15) is 0 Å². The van der Waals surface area contributed by atoms with Crippen LogP contribution in [0.3, 0.4) is 0 Å². The molecule has 2 nitrogen and oxygen atoms in total. The summed E-state index contributed by atoms with van der Waals surface area (Å²) in [5.74, 6) is 0. The van der Waals surface area contributed by atoms with Gasteiger partial charge in [0.25, 0.3) is 0 Å². The standard InChI is InChI=1S/C18H19NO/c1-19-13-15(16-9-5-6-10-17(16)19)11-12-18(20)14-7-3-2-4-8-14/h2-10,13,18,20H,11-12H2,1H3. The lowest BCUT2D eigenvalue weighted by Crippen LogP contribution is -1.99. The van der Waals surface area contributed by atoms with Gasteiger partial charge in [0.15, 0.2) is 0 Å². The fourth-order valence-corrected chi connectivity index (χ4v) is 2.76. The molecule has 1 unspecified atom stereocenters. The SMILES string of the molecule is Cn1cc(CCC(O)c2ccccc2)c2ccccc21. The molecule has 0 fully saturated rings. The van der Waals surface area contributed by atoms with Gasteiger partial charge in [-0.2, -0.15) is 0 Å². The van der Waals surface area contributed by atoms with E-state index in [1.165, 1.54) is 16.5 Å². The molecule has 0 aliphatic heterocycles. The van der Waals surface area contributed by atoms with E-state index >= 15 is 0 Å². The number of aryl methyl sites for hydroxylation is 2. The molecule has 0 bridgehead atoms. The molecule has 1 heterocycles. The van der Waals surface area contributed by atoms with Gasteiger partial charge in [0.2, 0.25) is 0 Å². The van der Waals surface area contributed by atoms with Gasteiger partial charge in [-0.3, -0.25) is 0 Å². The summed E-state index contributed by atoms with van der Waals surface area (Å²) >= 11 is 0. The van der Waals surface area contributed by atoms with Crippen molar-refractivity contribution in [1.29, 1.82) is 0 Å². The van der Waals surface area contributed by atoms with Gasteiger partial charge in [-0.05, 0) is 30.0 Å². The number of para-hydroxylation sites is 1. The molecular formula is C18H19NO. The number of nitrogens with zero attached hydrogens (tertiary/aromatic N) is 1. The van der Waals surface area contributed by atoms with Crippen molar-refractivity contribution in [3.63, 3.8) is 0 Å². The van der Waals surface area contributed by atoms with Gasteiger partial charge < -0.3 is 9.67 Å². The van der Waals surface area contributed by atoms with Gasteiger partial charge in [0.05, 0.1) is 6.10 Å². The van der Waals surface area contributed by atoms with Gasteiger partial charge in [0, 0.05) is 24.1 Å². The Hall–Kier alpha value is -2.06. The maximum absolute atomic E-state index is 10.3. The molecule has 1 aromatic heterocycles. The summed E-state index contributed by atoms with van der Waals surface area (Å²) in [4.78, 5) is 0. The topological polar surface area (TPSA) is 25.2 Å². The molecule has 2 aromatic carbocycles. The van der Waals surface area contributed by atoms with Crippen molar-refractivity contribution < 1.29 is 5.11 Å². The van der Waals surface area contributed by atoms with E-state index in [1.807, 2.05) is 30.3 Å². The van der Waals surface area contributed by atoms with Crippen molar-refractivity contribution in [1.82, 2.24) is 4.57 Å². The molecule has 1 N–H and O–H groups in total. The van der Waals surface area contributed by atoms with Crippen molar-refractivity contribution in [3.8, 4) is 0 Å².